The number of urea groups is 1. The minimum absolute atomic E-state index is 0.202. The molecule has 1 saturated carbocycles. The molecule has 1 heterocycles. The molecule has 1 aromatic carbocycles. The zero-order valence-corrected chi connectivity index (χ0v) is 11.2. The van der Waals surface area contributed by atoms with Gasteiger partial charge >= 0.3 is 11.7 Å². The lowest BCUT2D eigenvalue weighted by atomic mass is 10.2. The number of hydrogen-bond donors (Lipinski definition) is 2. The van der Waals surface area contributed by atoms with Gasteiger partial charge in [0.1, 0.15) is 5.58 Å². The van der Waals surface area contributed by atoms with Gasteiger partial charge in [0.15, 0.2) is 0 Å². The second kappa shape index (κ2) is 5.00. The number of benzene rings is 1. The van der Waals surface area contributed by atoms with E-state index in [-0.39, 0.29) is 17.7 Å². The molecule has 5 nitrogen and oxygen atoms in total. The molecule has 2 N–H and O–H groups in total. The van der Waals surface area contributed by atoms with E-state index in [9.17, 15) is 9.59 Å². The largest absolute Gasteiger partial charge is 0.423 e. The lowest BCUT2D eigenvalue weighted by Gasteiger charge is -2.13. The van der Waals surface area contributed by atoms with Gasteiger partial charge in [-0.05, 0) is 49.9 Å². The van der Waals surface area contributed by atoms with E-state index < -0.39 is 0 Å². The molecule has 2 amide bonds. The first-order chi connectivity index (χ1) is 9.61. The molecule has 0 spiro atoms. The zero-order valence-electron chi connectivity index (χ0n) is 11.2. The van der Waals surface area contributed by atoms with Crippen LogP contribution in [0.4, 0.5) is 10.5 Å². The van der Waals surface area contributed by atoms with Crippen molar-refractivity contribution in [1.29, 1.82) is 0 Å². The van der Waals surface area contributed by atoms with Crippen LogP contribution in [0.2, 0.25) is 0 Å². The normalized spacial score (nSPS) is 15.8. The molecule has 0 bridgehead atoms. The van der Waals surface area contributed by atoms with Crippen LogP contribution in [0.5, 0.6) is 0 Å². The van der Waals surface area contributed by atoms with Crippen molar-refractivity contribution in [1.82, 2.24) is 5.32 Å². The highest BCUT2D eigenvalue weighted by atomic mass is 16.4. The highest BCUT2D eigenvalue weighted by molar-refractivity contribution is 5.92. The monoisotopic (exact) mass is 272 g/mol. The fourth-order valence-corrected chi connectivity index (χ4v) is 2.24. The molecule has 1 unspecified atom stereocenters. The lowest BCUT2D eigenvalue weighted by molar-refractivity contribution is 0.248. The molecule has 1 aliphatic carbocycles. The SMILES string of the molecule is CC(NC(=O)Nc1ccc2oc(=O)ccc2c1)C1CC1. The molecule has 20 heavy (non-hydrogen) atoms. The van der Waals surface area contributed by atoms with Gasteiger partial charge in [0, 0.05) is 23.2 Å². The van der Waals surface area contributed by atoms with Gasteiger partial charge in [-0.25, -0.2) is 9.59 Å². The van der Waals surface area contributed by atoms with E-state index in [1.54, 1.807) is 24.3 Å². The van der Waals surface area contributed by atoms with Crippen molar-refractivity contribution in [3.05, 3.63) is 40.8 Å². The van der Waals surface area contributed by atoms with Gasteiger partial charge in [0.05, 0.1) is 0 Å². The Morgan fingerprint density at radius 3 is 2.85 bits per heavy atom. The summed E-state index contributed by atoms with van der Waals surface area (Å²) in [5, 5.41) is 6.49. The van der Waals surface area contributed by atoms with Crippen LogP contribution in [0.25, 0.3) is 11.0 Å². The van der Waals surface area contributed by atoms with Crippen LogP contribution < -0.4 is 16.3 Å². The number of carbonyl (C=O) groups is 1. The highest BCUT2D eigenvalue weighted by Gasteiger charge is 2.28. The summed E-state index contributed by atoms with van der Waals surface area (Å²) in [7, 11) is 0. The molecule has 0 radical (unpaired) electrons. The van der Waals surface area contributed by atoms with E-state index in [4.69, 9.17) is 4.42 Å². The van der Waals surface area contributed by atoms with Gasteiger partial charge in [-0.2, -0.15) is 0 Å². The average molecular weight is 272 g/mol. The Bertz CT molecular complexity index is 704. The summed E-state index contributed by atoms with van der Waals surface area (Å²) in [6.07, 6.45) is 2.38. The summed E-state index contributed by atoms with van der Waals surface area (Å²) in [5.74, 6) is 0.617. The summed E-state index contributed by atoms with van der Waals surface area (Å²) in [4.78, 5) is 22.9. The van der Waals surface area contributed by atoms with Crippen molar-refractivity contribution in [2.24, 2.45) is 5.92 Å². The van der Waals surface area contributed by atoms with Crippen LogP contribution in [-0.4, -0.2) is 12.1 Å². The van der Waals surface area contributed by atoms with Crippen molar-refractivity contribution >= 4 is 22.7 Å². The fourth-order valence-electron chi connectivity index (χ4n) is 2.24. The predicted octanol–water partition coefficient (Wildman–Crippen LogP) is 2.71. The van der Waals surface area contributed by atoms with Gasteiger partial charge in [-0.3, -0.25) is 0 Å². The van der Waals surface area contributed by atoms with Crippen LogP contribution in [0.1, 0.15) is 19.8 Å². The Hall–Kier alpha value is -2.30. The standard InChI is InChI=1S/C15H16N2O3/c1-9(10-2-3-10)16-15(19)17-12-5-6-13-11(8-12)4-7-14(18)20-13/h4-10H,2-3H2,1H3,(H2,16,17,19). The van der Waals surface area contributed by atoms with E-state index in [0.29, 0.717) is 17.2 Å². The third-order valence-electron chi connectivity index (χ3n) is 3.57. The quantitative estimate of drug-likeness (QED) is 0.844. The Balaban J connectivity index is 1.71. The van der Waals surface area contributed by atoms with Crippen LogP contribution in [-0.2, 0) is 0 Å². The zero-order chi connectivity index (χ0) is 14.1. The number of amides is 2. The topological polar surface area (TPSA) is 71.3 Å². The molecular weight excluding hydrogens is 256 g/mol. The molecule has 1 aliphatic rings. The van der Waals surface area contributed by atoms with E-state index in [1.807, 2.05) is 6.92 Å². The van der Waals surface area contributed by atoms with Crippen molar-refractivity contribution in [3.63, 3.8) is 0 Å². The molecule has 2 aromatic rings. The van der Waals surface area contributed by atoms with Gasteiger partial charge in [-0.15, -0.1) is 0 Å². The van der Waals surface area contributed by atoms with Gasteiger partial charge in [0.2, 0.25) is 0 Å². The molecule has 3 rings (SSSR count). The van der Waals surface area contributed by atoms with E-state index >= 15 is 0 Å². The molecular formula is C15H16N2O3. The van der Waals surface area contributed by atoms with Crippen LogP contribution >= 0.6 is 0 Å². The molecule has 0 saturated heterocycles. The Morgan fingerprint density at radius 2 is 2.10 bits per heavy atom. The number of hydrogen-bond acceptors (Lipinski definition) is 3. The van der Waals surface area contributed by atoms with Crippen LogP contribution in [0.3, 0.4) is 0 Å². The molecule has 1 fully saturated rings. The minimum atomic E-state index is -0.380. The van der Waals surface area contributed by atoms with E-state index in [0.717, 1.165) is 5.39 Å². The highest BCUT2D eigenvalue weighted by Crippen LogP contribution is 2.32. The summed E-state index contributed by atoms with van der Waals surface area (Å²) >= 11 is 0. The van der Waals surface area contributed by atoms with Crippen molar-refractivity contribution < 1.29 is 9.21 Å². The predicted molar refractivity (Wildman–Crippen MR) is 76.8 cm³/mol. The first-order valence-electron chi connectivity index (χ1n) is 6.73. The molecule has 1 aromatic heterocycles. The molecule has 5 heteroatoms. The third-order valence-corrected chi connectivity index (χ3v) is 3.57. The maximum atomic E-state index is 11.8. The number of nitrogens with one attached hydrogen (secondary N) is 2. The molecule has 1 atom stereocenters. The fraction of sp³-hybridized carbons (Fsp3) is 0.333. The third kappa shape index (κ3) is 2.82. The lowest BCUT2D eigenvalue weighted by Crippen LogP contribution is -2.37. The Labute approximate surface area is 116 Å². The number of fused-ring (bicyclic) bond motifs is 1. The maximum Gasteiger partial charge on any atom is 0.336 e. The van der Waals surface area contributed by atoms with Crippen molar-refractivity contribution in [2.45, 2.75) is 25.8 Å². The van der Waals surface area contributed by atoms with Crippen LogP contribution in [0.15, 0.2) is 39.5 Å². The van der Waals surface area contributed by atoms with E-state index in [2.05, 4.69) is 10.6 Å². The summed E-state index contributed by atoms with van der Waals surface area (Å²) in [5.41, 5.74) is 0.802. The average Bonchev–Trinajstić information content (AvgIpc) is 3.23. The van der Waals surface area contributed by atoms with E-state index in [1.165, 1.54) is 18.9 Å². The van der Waals surface area contributed by atoms with Gasteiger partial charge in [0.25, 0.3) is 0 Å². The molecule has 0 aliphatic heterocycles. The van der Waals surface area contributed by atoms with Crippen LogP contribution in [0, 0.1) is 5.92 Å². The summed E-state index contributed by atoms with van der Waals surface area (Å²) in [6, 6.07) is 8.20. The summed E-state index contributed by atoms with van der Waals surface area (Å²) < 4.78 is 5.04. The second-order valence-electron chi connectivity index (χ2n) is 5.23. The second-order valence-corrected chi connectivity index (χ2v) is 5.23. The summed E-state index contributed by atoms with van der Waals surface area (Å²) in [6.45, 7) is 2.02. The number of anilines is 1. The minimum Gasteiger partial charge on any atom is -0.423 e. The van der Waals surface area contributed by atoms with Crippen molar-refractivity contribution in [2.75, 3.05) is 5.32 Å². The van der Waals surface area contributed by atoms with Gasteiger partial charge in [-0.1, -0.05) is 0 Å². The Kier molecular flexibility index (Phi) is 3.18. The smallest absolute Gasteiger partial charge is 0.336 e. The first kappa shape index (κ1) is 12.7. The number of rotatable bonds is 3. The number of carbonyl (C=O) groups excluding carboxylic acids is 1. The molecule has 104 valence electrons. The van der Waals surface area contributed by atoms with Crippen molar-refractivity contribution in [3.8, 4) is 0 Å². The Morgan fingerprint density at radius 1 is 1.30 bits per heavy atom. The first-order valence-corrected chi connectivity index (χ1v) is 6.73. The maximum absolute atomic E-state index is 11.8. The van der Waals surface area contributed by atoms with Gasteiger partial charge < -0.3 is 15.1 Å².